The molecule has 0 spiro atoms. The lowest BCUT2D eigenvalue weighted by molar-refractivity contribution is -0.138. The summed E-state index contributed by atoms with van der Waals surface area (Å²) in [5.74, 6) is -5.01. The number of ether oxygens (including phenoxy) is 1. The quantitative estimate of drug-likeness (QED) is 0.226. The minimum atomic E-state index is -1.97. The first-order chi connectivity index (χ1) is 18.5. The molecule has 0 radical (unpaired) electrons. The number of phenolic OH excluding ortho intramolecular Hbond substituents is 1. The van der Waals surface area contributed by atoms with Crippen LogP contribution in [0.2, 0.25) is 0 Å². The zero-order chi connectivity index (χ0) is 28.0. The normalized spacial score (nSPS) is 33.6. The number of alkyl halides is 2. The lowest BCUT2D eigenvalue weighted by atomic mass is 9.56. The van der Waals surface area contributed by atoms with E-state index in [9.17, 15) is 24.3 Å². The molecule has 202 valence electrons. The number of imide groups is 2. The van der Waals surface area contributed by atoms with Gasteiger partial charge in [-0.2, -0.15) is 0 Å². The summed E-state index contributed by atoms with van der Waals surface area (Å²) in [6.07, 6.45) is 1.96. The van der Waals surface area contributed by atoms with E-state index in [-0.39, 0.29) is 36.0 Å². The molecule has 2 aromatic carbocycles. The topological polar surface area (TPSA) is 104 Å². The van der Waals surface area contributed by atoms with Crippen molar-refractivity contribution in [3.8, 4) is 11.5 Å². The van der Waals surface area contributed by atoms with Gasteiger partial charge in [-0.25, -0.2) is 0 Å². The molecule has 2 aliphatic carbocycles. The number of phenols is 1. The van der Waals surface area contributed by atoms with E-state index in [0.717, 1.165) is 8.47 Å². The summed E-state index contributed by atoms with van der Waals surface area (Å²) >= 11 is 16.4. The smallest absolute Gasteiger partial charge is 0.253 e. The van der Waals surface area contributed by atoms with Crippen molar-refractivity contribution >= 4 is 75.1 Å². The number of amides is 4. The van der Waals surface area contributed by atoms with Crippen LogP contribution < -0.4 is 9.64 Å². The maximum atomic E-state index is 14.0. The molecular formula is C28H23Cl2IN2O6. The van der Waals surface area contributed by atoms with Crippen LogP contribution in [0.1, 0.15) is 24.3 Å². The summed E-state index contributed by atoms with van der Waals surface area (Å²) in [5, 5.41) is 11.0. The minimum absolute atomic E-state index is 0.110. The van der Waals surface area contributed by atoms with Gasteiger partial charge in [-0.05, 0) is 83.8 Å². The van der Waals surface area contributed by atoms with Crippen LogP contribution in [0, 0.1) is 21.3 Å². The third kappa shape index (κ3) is 3.42. The lowest BCUT2D eigenvalue weighted by Crippen LogP contribution is -2.60. The van der Waals surface area contributed by atoms with Gasteiger partial charge in [0.2, 0.25) is 11.8 Å². The van der Waals surface area contributed by atoms with Crippen LogP contribution in [0.15, 0.2) is 54.1 Å². The molecule has 8 nitrogen and oxygen atoms in total. The van der Waals surface area contributed by atoms with Gasteiger partial charge in [0.25, 0.3) is 11.8 Å². The highest BCUT2D eigenvalue weighted by atomic mass is 127. The average molecular weight is 681 g/mol. The number of carbonyl (C=O) groups excluding carboxylic acids is 4. The van der Waals surface area contributed by atoms with E-state index in [4.69, 9.17) is 27.9 Å². The second-order valence-corrected chi connectivity index (χ2v) is 12.9. The number of anilines is 1. The Morgan fingerprint density at radius 3 is 2.36 bits per heavy atom. The van der Waals surface area contributed by atoms with E-state index in [1.165, 1.54) is 25.1 Å². The Morgan fingerprint density at radius 2 is 1.69 bits per heavy atom. The fraction of sp³-hybridized carbons (Fsp3) is 0.357. The van der Waals surface area contributed by atoms with Crippen molar-refractivity contribution in [1.29, 1.82) is 0 Å². The van der Waals surface area contributed by atoms with Gasteiger partial charge in [-0.3, -0.25) is 29.0 Å². The Balaban J connectivity index is 1.53. The number of nitrogens with zero attached hydrogens (tertiary/aromatic N) is 2. The van der Waals surface area contributed by atoms with Crippen molar-refractivity contribution in [2.45, 2.75) is 28.5 Å². The van der Waals surface area contributed by atoms with Crippen LogP contribution in [-0.2, 0) is 19.2 Å². The van der Waals surface area contributed by atoms with Gasteiger partial charge in [0.05, 0.1) is 24.6 Å². The molecule has 2 aromatic rings. The van der Waals surface area contributed by atoms with Crippen molar-refractivity contribution in [1.82, 2.24) is 4.90 Å². The Hall–Kier alpha value is -2.63. The third-order valence-electron chi connectivity index (χ3n) is 8.64. The summed E-state index contributed by atoms with van der Waals surface area (Å²) in [5.41, 5.74) is 1.33. The number of allylic oxidation sites excluding steroid dienone is 2. The first-order valence-electron chi connectivity index (χ1n) is 12.4. The summed E-state index contributed by atoms with van der Waals surface area (Å²) < 4.78 is 6.33. The Bertz CT molecular complexity index is 1500. The summed E-state index contributed by atoms with van der Waals surface area (Å²) in [6.45, 7) is 0. The van der Waals surface area contributed by atoms with Gasteiger partial charge < -0.3 is 9.84 Å². The first kappa shape index (κ1) is 26.6. The number of likely N-dealkylation sites (tertiary alicyclic amines) is 1. The zero-order valence-electron chi connectivity index (χ0n) is 20.9. The van der Waals surface area contributed by atoms with E-state index in [2.05, 4.69) is 22.6 Å². The molecule has 2 heterocycles. The molecule has 0 aromatic heterocycles. The molecule has 1 saturated carbocycles. The van der Waals surface area contributed by atoms with Crippen LogP contribution in [0.4, 0.5) is 5.69 Å². The predicted molar refractivity (Wildman–Crippen MR) is 152 cm³/mol. The second kappa shape index (κ2) is 8.94. The largest absolute Gasteiger partial charge is 0.508 e. The van der Waals surface area contributed by atoms with Crippen LogP contribution in [-0.4, -0.2) is 57.5 Å². The molecule has 1 N–H and O–H groups in total. The molecule has 4 amide bonds. The highest BCUT2D eigenvalue weighted by Gasteiger charge is 2.76. The second-order valence-electron chi connectivity index (χ2n) is 10.4. The van der Waals surface area contributed by atoms with E-state index >= 15 is 0 Å². The molecule has 6 unspecified atom stereocenters. The van der Waals surface area contributed by atoms with Crippen LogP contribution in [0.3, 0.4) is 0 Å². The van der Waals surface area contributed by atoms with Crippen molar-refractivity contribution in [3.05, 3.63) is 63.2 Å². The maximum Gasteiger partial charge on any atom is 0.253 e. The third-order valence-corrected chi connectivity index (χ3v) is 10.8. The highest BCUT2D eigenvalue weighted by molar-refractivity contribution is 14.1. The van der Waals surface area contributed by atoms with Crippen LogP contribution in [0.5, 0.6) is 11.5 Å². The van der Waals surface area contributed by atoms with Gasteiger partial charge >= 0.3 is 0 Å². The maximum absolute atomic E-state index is 14.0. The summed E-state index contributed by atoms with van der Waals surface area (Å²) in [4.78, 5) is 52.9. The Morgan fingerprint density at radius 1 is 1.00 bits per heavy atom. The van der Waals surface area contributed by atoms with Crippen molar-refractivity contribution in [3.63, 3.8) is 0 Å². The molecule has 3 fully saturated rings. The van der Waals surface area contributed by atoms with E-state index in [1.807, 2.05) is 18.2 Å². The van der Waals surface area contributed by atoms with Crippen molar-refractivity contribution < 1.29 is 29.0 Å². The standard InChI is InChI=1S/C28H23Cl2IN2O6/c1-32-25(37)27(29)12-19-16(22(28(27,30)26(32)38)18-11-15(39-2)7-10-20(18)34)8-9-17-21(19)24(36)33(23(17)35)14-5-3-13(31)4-6-14/h3-8,10-11,17,19,21-22,34H,9,12H2,1-2H3. The molecule has 0 bridgehead atoms. The summed E-state index contributed by atoms with van der Waals surface area (Å²) in [7, 11) is 2.79. The molecular weight excluding hydrogens is 658 g/mol. The number of hydrogen-bond acceptors (Lipinski definition) is 6. The fourth-order valence-corrected chi connectivity index (χ4v) is 8.20. The fourth-order valence-electron chi connectivity index (χ4n) is 6.82. The van der Waals surface area contributed by atoms with Gasteiger partial charge in [-0.15, -0.1) is 23.2 Å². The molecule has 2 aliphatic heterocycles. The number of rotatable bonds is 3. The molecule has 6 atom stereocenters. The Kier molecular flexibility index (Phi) is 6.09. The van der Waals surface area contributed by atoms with Gasteiger partial charge in [0, 0.05) is 22.1 Å². The monoisotopic (exact) mass is 680 g/mol. The lowest BCUT2D eigenvalue weighted by Gasteiger charge is -2.50. The number of benzene rings is 2. The number of hydrogen-bond donors (Lipinski definition) is 1. The highest BCUT2D eigenvalue weighted by Crippen LogP contribution is 2.66. The SMILES string of the molecule is COc1ccc(O)c(C2C3=CCC4C(=O)N(c5ccc(I)cc5)C(=O)C4C3CC3(Cl)C(=O)N(C)C(=O)C23Cl)c1. The molecule has 6 rings (SSSR count). The number of carbonyl (C=O) groups is 4. The van der Waals surface area contributed by atoms with E-state index in [0.29, 0.717) is 17.0 Å². The number of fused-ring (bicyclic) bond motifs is 4. The molecule has 11 heteroatoms. The summed E-state index contributed by atoms with van der Waals surface area (Å²) in [6, 6.07) is 11.6. The molecule has 4 aliphatic rings. The number of aromatic hydroxyl groups is 1. The predicted octanol–water partition coefficient (Wildman–Crippen LogP) is 4.20. The molecule has 2 saturated heterocycles. The number of halogens is 3. The zero-order valence-corrected chi connectivity index (χ0v) is 24.5. The van der Waals surface area contributed by atoms with Crippen LogP contribution in [0.25, 0.3) is 0 Å². The minimum Gasteiger partial charge on any atom is -0.508 e. The average Bonchev–Trinajstić information content (AvgIpc) is 3.25. The van der Waals surface area contributed by atoms with Gasteiger partial charge in [-0.1, -0.05) is 11.6 Å². The molecule has 39 heavy (non-hydrogen) atoms. The van der Waals surface area contributed by atoms with Crippen molar-refractivity contribution in [2.75, 3.05) is 19.1 Å². The van der Waals surface area contributed by atoms with Gasteiger partial charge in [0.15, 0.2) is 9.75 Å². The van der Waals surface area contributed by atoms with E-state index < -0.39 is 45.2 Å². The first-order valence-corrected chi connectivity index (χ1v) is 14.2. The number of methoxy groups -OCH3 is 1. The van der Waals surface area contributed by atoms with E-state index in [1.54, 1.807) is 24.3 Å². The van der Waals surface area contributed by atoms with Crippen molar-refractivity contribution in [2.24, 2.45) is 17.8 Å². The van der Waals surface area contributed by atoms with Gasteiger partial charge in [0.1, 0.15) is 11.5 Å². The van der Waals surface area contributed by atoms with Crippen LogP contribution >= 0.6 is 45.8 Å². The Labute approximate surface area is 248 Å².